The monoisotopic (exact) mass is 389 g/mol. The molecule has 1 heterocycles. The van der Waals surface area contributed by atoms with Gasteiger partial charge >= 0.3 is 5.97 Å². The number of Topliss-reactive ketones (excluding diaryl/α,β-unsaturated/α-hetero) is 1. The summed E-state index contributed by atoms with van der Waals surface area (Å²) in [7, 11) is 0. The Labute approximate surface area is 171 Å². The normalized spacial score (nSPS) is 14.2. The molecule has 4 heteroatoms. The number of nitrogens with one attached hydrogen (secondary N) is 1. The number of rotatable bonds is 5. The van der Waals surface area contributed by atoms with Gasteiger partial charge in [-0.15, -0.1) is 0 Å². The van der Waals surface area contributed by atoms with E-state index in [0.717, 1.165) is 34.9 Å². The lowest BCUT2D eigenvalue weighted by molar-refractivity contribution is 0.0521. The molecule has 150 valence electrons. The third kappa shape index (κ3) is 3.71. The van der Waals surface area contributed by atoms with E-state index in [1.165, 1.54) is 5.56 Å². The molecule has 2 aromatic carbocycles. The van der Waals surface area contributed by atoms with Gasteiger partial charge in [0.2, 0.25) is 0 Å². The number of ether oxygens (including phenoxy) is 1. The summed E-state index contributed by atoms with van der Waals surface area (Å²) in [6.45, 7) is 8.63. The van der Waals surface area contributed by atoms with Crippen LogP contribution in [0.25, 0.3) is 22.0 Å². The second kappa shape index (κ2) is 7.18. The summed E-state index contributed by atoms with van der Waals surface area (Å²) in [5, 5.41) is 0.878. The molecule has 0 radical (unpaired) electrons. The molecular weight excluding hydrogens is 362 g/mol. The lowest BCUT2D eigenvalue weighted by atomic mass is 9.86. The number of hydrogen-bond acceptors (Lipinski definition) is 3. The van der Waals surface area contributed by atoms with Gasteiger partial charge in [0.15, 0.2) is 5.78 Å². The largest absolute Gasteiger partial charge is 0.461 e. The Hall–Kier alpha value is -2.88. The Kier molecular flexibility index (Phi) is 4.81. The first-order valence-electron chi connectivity index (χ1n) is 10.3. The van der Waals surface area contributed by atoms with Crippen LogP contribution >= 0.6 is 0 Å². The number of carbonyl (C=O) groups is 2. The molecule has 4 rings (SSSR count). The van der Waals surface area contributed by atoms with Gasteiger partial charge in [-0.25, -0.2) is 4.79 Å². The van der Waals surface area contributed by atoms with Crippen LogP contribution in [0.3, 0.4) is 0 Å². The van der Waals surface area contributed by atoms with Crippen molar-refractivity contribution in [1.29, 1.82) is 0 Å². The van der Waals surface area contributed by atoms with E-state index in [-0.39, 0.29) is 23.1 Å². The van der Waals surface area contributed by atoms with Crippen molar-refractivity contribution in [3.05, 3.63) is 59.3 Å². The molecule has 0 spiro atoms. The van der Waals surface area contributed by atoms with Crippen molar-refractivity contribution in [2.24, 2.45) is 5.92 Å². The van der Waals surface area contributed by atoms with Crippen LogP contribution in [0.5, 0.6) is 0 Å². The van der Waals surface area contributed by atoms with Gasteiger partial charge in [-0.05, 0) is 54.5 Å². The van der Waals surface area contributed by atoms with Crippen LogP contribution in [0.15, 0.2) is 42.5 Å². The van der Waals surface area contributed by atoms with Gasteiger partial charge < -0.3 is 9.72 Å². The molecule has 4 nitrogen and oxygen atoms in total. The number of esters is 1. The van der Waals surface area contributed by atoms with Crippen LogP contribution in [0.1, 0.15) is 66.9 Å². The minimum Gasteiger partial charge on any atom is -0.461 e. The van der Waals surface area contributed by atoms with Gasteiger partial charge in [0.1, 0.15) is 5.69 Å². The van der Waals surface area contributed by atoms with Gasteiger partial charge in [0, 0.05) is 27.9 Å². The maximum atomic E-state index is 12.7. The Bertz CT molecular complexity index is 1080. The SMILES string of the molecule is CCOC(=O)c1[nH]c2ccc(C(=O)C3CC3)cc2c1-c1ccc(C(C)(C)C)cc1. The second-order valence-electron chi connectivity index (χ2n) is 8.82. The van der Waals surface area contributed by atoms with Crippen molar-refractivity contribution in [3.8, 4) is 11.1 Å². The van der Waals surface area contributed by atoms with Crippen molar-refractivity contribution >= 4 is 22.7 Å². The smallest absolute Gasteiger partial charge is 0.355 e. The maximum Gasteiger partial charge on any atom is 0.355 e. The number of benzene rings is 2. The minimum atomic E-state index is -0.381. The molecule has 3 aromatic rings. The van der Waals surface area contributed by atoms with E-state index in [1.54, 1.807) is 6.92 Å². The van der Waals surface area contributed by atoms with Crippen molar-refractivity contribution < 1.29 is 14.3 Å². The molecule has 29 heavy (non-hydrogen) atoms. The van der Waals surface area contributed by atoms with Gasteiger partial charge in [-0.1, -0.05) is 45.0 Å². The Morgan fingerprint density at radius 1 is 1.07 bits per heavy atom. The predicted molar refractivity (Wildman–Crippen MR) is 115 cm³/mol. The molecule has 1 N–H and O–H groups in total. The third-order valence-electron chi connectivity index (χ3n) is 5.55. The number of hydrogen-bond donors (Lipinski definition) is 1. The average Bonchev–Trinajstić information content (AvgIpc) is 3.46. The third-order valence-corrected chi connectivity index (χ3v) is 5.55. The molecule has 0 atom stereocenters. The van der Waals surface area contributed by atoms with Crippen molar-refractivity contribution in [2.45, 2.75) is 46.0 Å². The highest BCUT2D eigenvalue weighted by Gasteiger charge is 2.31. The zero-order valence-corrected chi connectivity index (χ0v) is 17.5. The van der Waals surface area contributed by atoms with Crippen LogP contribution < -0.4 is 0 Å². The van der Waals surface area contributed by atoms with Crippen LogP contribution in [0, 0.1) is 5.92 Å². The molecule has 0 aliphatic heterocycles. The topological polar surface area (TPSA) is 59.2 Å². The number of aromatic amines is 1. The summed E-state index contributed by atoms with van der Waals surface area (Å²) in [5.74, 6) is -0.0288. The highest BCUT2D eigenvalue weighted by molar-refractivity contribution is 6.10. The first kappa shape index (κ1) is 19.4. The fraction of sp³-hybridized carbons (Fsp3) is 0.360. The Morgan fingerprint density at radius 2 is 1.76 bits per heavy atom. The number of carbonyl (C=O) groups excluding carboxylic acids is 2. The summed E-state index contributed by atoms with van der Waals surface area (Å²) in [5.41, 5.74) is 4.97. The standard InChI is InChI=1S/C25H27NO3/c1-5-29-24(28)22-21(15-8-11-18(12-9-15)25(2,3)4)19-14-17(10-13-20(19)26-22)23(27)16-6-7-16/h8-14,16,26H,5-7H2,1-4H3. The summed E-state index contributed by atoms with van der Waals surface area (Å²) < 4.78 is 5.29. The van der Waals surface area contributed by atoms with Crippen LogP contribution in [0.4, 0.5) is 0 Å². The fourth-order valence-corrected chi connectivity index (χ4v) is 3.72. The molecular formula is C25H27NO3. The first-order chi connectivity index (χ1) is 13.8. The summed E-state index contributed by atoms with van der Waals surface area (Å²) in [6.07, 6.45) is 1.94. The van der Waals surface area contributed by atoms with Gasteiger partial charge in [-0.3, -0.25) is 4.79 Å². The zero-order valence-electron chi connectivity index (χ0n) is 17.5. The summed E-state index contributed by atoms with van der Waals surface area (Å²) in [4.78, 5) is 28.5. The summed E-state index contributed by atoms with van der Waals surface area (Å²) in [6, 6.07) is 13.9. The van der Waals surface area contributed by atoms with E-state index < -0.39 is 0 Å². The molecule has 1 aromatic heterocycles. The molecule has 1 saturated carbocycles. The van der Waals surface area contributed by atoms with E-state index in [0.29, 0.717) is 17.9 Å². The van der Waals surface area contributed by atoms with Crippen molar-refractivity contribution in [2.75, 3.05) is 6.61 Å². The number of ketones is 1. The van der Waals surface area contributed by atoms with E-state index in [4.69, 9.17) is 4.74 Å². The Morgan fingerprint density at radius 3 is 2.34 bits per heavy atom. The molecule has 0 unspecified atom stereocenters. The van der Waals surface area contributed by atoms with E-state index in [2.05, 4.69) is 37.9 Å². The minimum absolute atomic E-state index is 0.0482. The van der Waals surface area contributed by atoms with Gasteiger partial charge in [-0.2, -0.15) is 0 Å². The molecule has 1 aliphatic rings. The summed E-state index contributed by atoms with van der Waals surface area (Å²) >= 11 is 0. The number of H-pyrrole nitrogens is 1. The quantitative estimate of drug-likeness (QED) is 0.436. The molecule has 0 amide bonds. The Balaban J connectivity index is 1.88. The average molecular weight is 389 g/mol. The fourth-order valence-electron chi connectivity index (χ4n) is 3.72. The highest BCUT2D eigenvalue weighted by Crippen LogP contribution is 2.37. The van der Waals surface area contributed by atoms with Gasteiger partial charge in [0.25, 0.3) is 0 Å². The van der Waals surface area contributed by atoms with Crippen LogP contribution in [-0.4, -0.2) is 23.3 Å². The van der Waals surface area contributed by atoms with Crippen molar-refractivity contribution in [1.82, 2.24) is 4.98 Å². The van der Waals surface area contributed by atoms with E-state index >= 15 is 0 Å². The molecule has 0 saturated heterocycles. The lowest BCUT2D eigenvalue weighted by Crippen LogP contribution is -2.10. The molecule has 0 bridgehead atoms. The molecule has 1 fully saturated rings. The maximum absolute atomic E-state index is 12.7. The highest BCUT2D eigenvalue weighted by atomic mass is 16.5. The number of aromatic nitrogens is 1. The van der Waals surface area contributed by atoms with E-state index in [9.17, 15) is 9.59 Å². The van der Waals surface area contributed by atoms with Gasteiger partial charge in [0.05, 0.1) is 6.61 Å². The lowest BCUT2D eigenvalue weighted by Gasteiger charge is -2.19. The zero-order chi connectivity index (χ0) is 20.8. The van der Waals surface area contributed by atoms with Crippen LogP contribution in [0.2, 0.25) is 0 Å². The predicted octanol–water partition coefficient (Wildman–Crippen LogP) is 5.90. The van der Waals surface area contributed by atoms with Crippen LogP contribution in [-0.2, 0) is 10.2 Å². The molecule has 1 aliphatic carbocycles. The van der Waals surface area contributed by atoms with Crippen molar-refractivity contribution in [3.63, 3.8) is 0 Å². The first-order valence-corrected chi connectivity index (χ1v) is 10.3. The second-order valence-corrected chi connectivity index (χ2v) is 8.82. The number of fused-ring (bicyclic) bond motifs is 1. The van der Waals surface area contributed by atoms with E-state index in [1.807, 2.05) is 30.3 Å².